The van der Waals surface area contributed by atoms with Crippen LogP contribution >= 0.6 is 15.9 Å². The molecule has 0 atom stereocenters. The fourth-order valence-electron chi connectivity index (χ4n) is 2.50. The summed E-state index contributed by atoms with van der Waals surface area (Å²) in [4.78, 5) is 0. The average Bonchev–Trinajstić information content (AvgIpc) is 2.87. The Labute approximate surface area is 115 Å². The van der Waals surface area contributed by atoms with E-state index in [4.69, 9.17) is 0 Å². The van der Waals surface area contributed by atoms with Crippen LogP contribution in [-0.4, -0.2) is 22.9 Å². The van der Waals surface area contributed by atoms with Crippen molar-refractivity contribution in [2.45, 2.75) is 18.8 Å². The summed E-state index contributed by atoms with van der Waals surface area (Å²) in [6.07, 6.45) is 6.26. The molecule has 1 aromatic carbocycles. The minimum atomic E-state index is 0.713. The lowest BCUT2D eigenvalue weighted by Crippen LogP contribution is -2.26. The Morgan fingerprint density at radius 3 is 2.50 bits per heavy atom. The first-order valence-electron chi connectivity index (χ1n) is 6.34. The molecular formula is C14H16BrN3. The van der Waals surface area contributed by atoms with Crippen LogP contribution in [0.25, 0.3) is 5.69 Å². The maximum absolute atomic E-state index is 4.29. The highest BCUT2D eigenvalue weighted by Gasteiger charge is 2.14. The van der Waals surface area contributed by atoms with Crippen LogP contribution in [0.3, 0.4) is 0 Å². The topological polar surface area (TPSA) is 29.9 Å². The Morgan fingerprint density at radius 2 is 1.89 bits per heavy atom. The van der Waals surface area contributed by atoms with Crippen molar-refractivity contribution in [2.24, 2.45) is 0 Å². The molecule has 1 aromatic heterocycles. The molecule has 0 bridgehead atoms. The lowest BCUT2D eigenvalue weighted by Gasteiger charge is -2.23. The predicted octanol–water partition coefficient (Wildman–Crippen LogP) is 3.10. The number of nitrogens with zero attached hydrogens (tertiary/aromatic N) is 2. The molecule has 94 valence electrons. The van der Waals surface area contributed by atoms with Gasteiger partial charge in [0.15, 0.2) is 0 Å². The van der Waals surface area contributed by atoms with Crippen LogP contribution in [0.15, 0.2) is 41.1 Å². The largest absolute Gasteiger partial charge is 0.317 e. The maximum atomic E-state index is 4.29. The van der Waals surface area contributed by atoms with Crippen molar-refractivity contribution in [3.05, 3.63) is 46.7 Å². The quantitative estimate of drug-likeness (QED) is 0.924. The second kappa shape index (κ2) is 5.24. The van der Waals surface area contributed by atoms with Gasteiger partial charge in [-0.15, -0.1) is 0 Å². The van der Waals surface area contributed by atoms with E-state index in [9.17, 15) is 0 Å². The third-order valence-corrected chi connectivity index (χ3v) is 3.93. The van der Waals surface area contributed by atoms with Gasteiger partial charge < -0.3 is 5.32 Å². The molecule has 1 aliphatic heterocycles. The molecule has 0 unspecified atom stereocenters. The van der Waals surface area contributed by atoms with Gasteiger partial charge in [-0.05, 0) is 65.5 Å². The number of nitrogens with one attached hydrogen (secondary N) is 1. The Kier molecular flexibility index (Phi) is 3.48. The van der Waals surface area contributed by atoms with E-state index in [1.807, 2.05) is 10.9 Å². The third kappa shape index (κ3) is 2.49. The molecule has 1 aliphatic rings. The summed E-state index contributed by atoms with van der Waals surface area (Å²) in [5.74, 6) is 0.713. The van der Waals surface area contributed by atoms with Gasteiger partial charge in [-0.3, -0.25) is 0 Å². The molecule has 1 saturated heterocycles. The minimum absolute atomic E-state index is 0.713. The van der Waals surface area contributed by atoms with E-state index < -0.39 is 0 Å². The van der Waals surface area contributed by atoms with Crippen LogP contribution in [0, 0.1) is 0 Å². The highest BCUT2D eigenvalue weighted by atomic mass is 79.9. The second-order valence-corrected chi connectivity index (χ2v) is 5.63. The molecular weight excluding hydrogens is 290 g/mol. The van der Waals surface area contributed by atoms with Gasteiger partial charge in [0.1, 0.15) is 0 Å². The zero-order valence-electron chi connectivity index (χ0n) is 10.1. The van der Waals surface area contributed by atoms with E-state index in [0.717, 1.165) is 23.2 Å². The Hall–Kier alpha value is -1.13. The first-order valence-corrected chi connectivity index (χ1v) is 7.13. The number of halogens is 1. The number of rotatable bonds is 2. The summed E-state index contributed by atoms with van der Waals surface area (Å²) >= 11 is 3.42. The van der Waals surface area contributed by atoms with Crippen LogP contribution in [-0.2, 0) is 0 Å². The summed E-state index contributed by atoms with van der Waals surface area (Å²) in [5, 5.41) is 7.69. The van der Waals surface area contributed by atoms with Crippen molar-refractivity contribution in [3.8, 4) is 5.69 Å². The molecule has 2 heterocycles. The van der Waals surface area contributed by atoms with Crippen molar-refractivity contribution in [1.29, 1.82) is 0 Å². The monoisotopic (exact) mass is 305 g/mol. The summed E-state index contributed by atoms with van der Waals surface area (Å²) in [5.41, 5.74) is 2.56. The smallest absolute Gasteiger partial charge is 0.0646 e. The van der Waals surface area contributed by atoms with Crippen molar-refractivity contribution in [2.75, 3.05) is 13.1 Å². The molecule has 0 radical (unpaired) electrons. The number of benzene rings is 1. The highest BCUT2D eigenvalue weighted by Crippen LogP contribution is 2.25. The number of hydrogen-bond donors (Lipinski definition) is 1. The van der Waals surface area contributed by atoms with Crippen molar-refractivity contribution >= 4 is 15.9 Å². The van der Waals surface area contributed by atoms with Gasteiger partial charge in [0.2, 0.25) is 0 Å². The van der Waals surface area contributed by atoms with Crippen LogP contribution in [0.2, 0.25) is 0 Å². The molecule has 3 rings (SSSR count). The van der Waals surface area contributed by atoms with Crippen LogP contribution in [0.4, 0.5) is 0 Å². The third-order valence-electron chi connectivity index (χ3n) is 3.52. The van der Waals surface area contributed by atoms with E-state index in [0.29, 0.717) is 5.92 Å². The molecule has 0 spiro atoms. The molecule has 1 fully saturated rings. The van der Waals surface area contributed by atoms with Gasteiger partial charge in [-0.25, -0.2) is 4.68 Å². The molecule has 0 saturated carbocycles. The average molecular weight is 306 g/mol. The van der Waals surface area contributed by atoms with Gasteiger partial charge in [0.25, 0.3) is 0 Å². The normalized spacial score (nSPS) is 16.9. The van der Waals surface area contributed by atoms with Crippen molar-refractivity contribution in [1.82, 2.24) is 15.1 Å². The molecule has 0 amide bonds. The number of hydrogen-bond acceptors (Lipinski definition) is 2. The standard InChI is InChI=1S/C14H16BrN3/c15-13-9-17-18(10-13)14-3-1-11(2-4-14)12-5-7-16-8-6-12/h1-4,9-10,12,16H,5-8H2. The van der Waals surface area contributed by atoms with Gasteiger partial charge in [0, 0.05) is 6.20 Å². The van der Waals surface area contributed by atoms with Gasteiger partial charge in [-0.1, -0.05) is 12.1 Å². The molecule has 4 heteroatoms. The highest BCUT2D eigenvalue weighted by molar-refractivity contribution is 9.10. The fraction of sp³-hybridized carbons (Fsp3) is 0.357. The van der Waals surface area contributed by atoms with Crippen LogP contribution in [0.1, 0.15) is 24.3 Å². The molecule has 1 N–H and O–H groups in total. The van der Waals surface area contributed by atoms with E-state index in [2.05, 4.69) is 50.6 Å². The van der Waals surface area contributed by atoms with Crippen LogP contribution < -0.4 is 5.32 Å². The number of piperidine rings is 1. The zero-order valence-corrected chi connectivity index (χ0v) is 11.7. The van der Waals surface area contributed by atoms with E-state index in [1.165, 1.54) is 18.4 Å². The predicted molar refractivity (Wildman–Crippen MR) is 76.1 cm³/mol. The SMILES string of the molecule is Brc1cnn(-c2ccc(C3CCNCC3)cc2)c1. The van der Waals surface area contributed by atoms with Gasteiger partial charge in [-0.2, -0.15) is 5.10 Å². The van der Waals surface area contributed by atoms with Crippen LogP contribution in [0.5, 0.6) is 0 Å². The Balaban J connectivity index is 1.80. The lowest BCUT2D eigenvalue weighted by atomic mass is 9.90. The number of aromatic nitrogens is 2. The minimum Gasteiger partial charge on any atom is -0.317 e. The summed E-state index contributed by atoms with van der Waals surface area (Å²) in [7, 11) is 0. The molecule has 3 nitrogen and oxygen atoms in total. The van der Waals surface area contributed by atoms with Gasteiger partial charge in [0.05, 0.1) is 16.4 Å². The summed E-state index contributed by atoms with van der Waals surface area (Å²) in [6.45, 7) is 2.27. The van der Waals surface area contributed by atoms with E-state index >= 15 is 0 Å². The van der Waals surface area contributed by atoms with Crippen molar-refractivity contribution in [3.63, 3.8) is 0 Å². The first-order chi connectivity index (χ1) is 8.83. The zero-order chi connectivity index (χ0) is 12.4. The molecule has 0 aliphatic carbocycles. The maximum Gasteiger partial charge on any atom is 0.0646 e. The first kappa shape index (κ1) is 11.9. The molecule has 2 aromatic rings. The summed E-state index contributed by atoms with van der Waals surface area (Å²) < 4.78 is 2.89. The van der Waals surface area contributed by atoms with Crippen molar-refractivity contribution < 1.29 is 0 Å². The van der Waals surface area contributed by atoms with E-state index in [1.54, 1.807) is 6.20 Å². The second-order valence-electron chi connectivity index (χ2n) is 4.72. The molecule has 18 heavy (non-hydrogen) atoms. The fourth-order valence-corrected chi connectivity index (χ4v) is 2.78. The van der Waals surface area contributed by atoms with E-state index in [-0.39, 0.29) is 0 Å². The summed E-state index contributed by atoms with van der Waals surface area (Å²) in [6, 6.07) is 8.77. The Bertz CT molecular complexity index is 512. The van der Waals surface area contributed by atoms with Gasteiger partial charge >= 0.3 is 0 Å². The lowest BCUT2D eigenvalue weighted by molar-refractivity contribution is 0.460. The Morgan fingerprint density at radius 1 is 1.17 bits per heavy atom.